The molecule has 0 heterocycles. The number of hydrogen-bond acceptors (Lipinski definition) is 2. The minimum absolute atomic E-state index is 0.0624. The molecule has 5 heteroatoms. The van der Waals surface area contributed by atoms with Crippen LogP contribution in [0.3, 0.4) is 0 Å². The Bertz CT molecular complexity index is 606. The average Bonchev–Trinajstić information content (AvgIpc) is 2.44. The monoisotopic (exact) mass is 276 g/mol. The quantitative estimate of drug-likeness (QED) is 0.876. The van der Waals surface area contributed by atoms with Gasteiger partial charge in [-0.3, -0.25) is 4.79 Å². The molecule has 0 radical (unpaired) electrons. The molecule has 0 bridgehead atoms. The fraction of sp³-hybridized carbons (Fsp3) is 0.133. The first-order valence-electron chi connectivity index (χ1n) is 6.03. The van der Waals surface area contributed by atoms with Crippen molar-refractivity contribution in [3.63, 3.8) is 0 Å². The topological polar surface area (TPSA) is 46.3 Å². The van der Waals surface area contributed by atoms with Crippen molar-refractivity contribution in [1.29, 1.82) is 0 Å². The van der Waals surface area contributed by atoms with E-state index in [1.54, 1.807) is 7.05 Å². The van der Waals surface area contributed by atoms with E-state index in [1.165, 1.54) is 4.90 Å². The lowest BCUT2D eigenvalue weighted by Gasteiger charge is -2.17. The molecule has 0 spiro atoms. The molecule has 0 aliphatic rings. The van der Waals surface area contributed by atoms with Crippen molar-refractivity contribution in [3.05, 3.63) is 65.2 Å². The summed E-state index contributed by atoms with van der Waals surface area (Å²) in [5.74, 6) is -2.32. The number of carbonyl (C=O) groups excluding carboxylic acids is 1. The zero-order chi connectivity index (χ0) is 14.7. The number of nitrogens with two attached hydrogens (primary N) is 1. The Hall–Kier alpha value is -2.43. The molecule has 2 N–H and O–H groups in total. The molecule has 0 unspecified atom stereocenters. The third-order valence-electron chi connectivity index (χ3n) is 2.94. The van der Waals surface area contributed by atoms with Gasteiger partial charge in [0.2, 0.25) is 0 Å². The largest absolute Gasteiger partial charge is 0.394 e. The molecule has 0 aliphatic heterocycles. The van der Waals surface area contributed by atoms with Crippen LogP contribution in [0.25, 0.3) is 0 Å². The van der Waals surface area contributed by atoms with E-state index >= 15 is 0 Å². The van der Waals surface area contributed by atoms with E-state index in [0.717, 1.165) is 17.7 Å². The Labute approximate surface area is 115 Å². The normalized spacial score (nSPS) is 10.3. The van der Waals surface area contributed by atoms with Crippen molar-refractivity contribution in [3.8, 4) is 0 Å². The van der Waals surface area contributed by atoms with Gasteiger partial charge in [-0.15, -0.1) is 0 Å². The van der Waals surface area contributed by atoms with Crippen LogP contribution in [0.15, 0.2) is 42.5 Å². The lowest BCUT2D eigenvalue weighted by Crippen LogP contribution is -2.26. The lowest BCUT2D eigenvalue weighted by molar-refractivity contribution is 0.0784. The molecule has 2 rings (SSSR count). The summed E-state index contributed by atoms with van der Waals surface area (Å²) in [6.45, 7) is 0.354. The molecule has 0 fully saturated rings. The van der Waals surface area contributed by atoms with Gasteiger partial charge in [-0.25, -0.2) is 8.78 Å². The van der Waals surface area contributed by atoms with Crippen molar-refractivity contribution >= 4 is 11.6 Å². The molecule has 104 valence electrons. The van der Waals surface area contributed by atoms with Gasteiger partial charge in [0.1, 0.15) is 17.3 Å². The predicted octanol–water partition coefficient (Wildman–Crippen LogP) is 2.82. The van der Waals surface area contributed by atoms with E-state index in [1.807, 2.05) is 30.3 Å². The molecule has 0 aliphatic carbocycles. The van der Waals surface area contributed by atoms with Crippen molar-refractivity contribution in [2.24, 2.45) is 0 Å². The number of carbonyl (C=O) groups is 1. The van der Waals surface area contributed by atoms with E-state index < -0.39 is 23.2 Å². The third kappa shape index (κ3) is 2.93. The molecular weight excluding hydrogens is 262 g/mol. The highest BCUT2D eigenvalue weighted by Gasteiger charge is 2.16. The molecule has 20 heavy (non-hydrogen) atoms. The van der Waals surface area contributed by atoms with E-state index in [9.17, 15) is 13.6 Å². The molecule has 3 nitrogen and oxygen atoms in total. The van der Waals surface area contributed by atoms with Crippen LogP contribution in [-0.4, -0.2) is 17.9 Å². The molecule has 1 amide bonds. The van der Waals surface area contributed by atoms with Crippen LogP contribution in [0.2, 0.25) is 0 Å². The van der Waals surface area contributed by atoms with Crippen LogP contribution in [0.4, 0.5) is 14.5 Å². The Balaban J connectivity index is 2.19. The zero-order valence-corrected chi connectivity index (χ0v) is 10.9. The minimum Gasteiger partial charge on any atom is -0.394 e. The molecule has 2 aromatic rings. The number of amides is 1. The van der Waals surface area contributed by atoms with Crippen LogP contribution in [0.5, 0.6) is 0 Å². The van der Waals surface area contributed by atoms with Gasteiger partial charge in [0, 0.05) is 19.2 Å². The van der Waals surface area contributed by atoms with Gasteiger partial charge in [-0.05, 0) is 17.7 Å². The van der Waals surface area contributed by atoms with E-state index in [4.69, 9.17) is 5.73 Å². The summed E-state index contributed by atoms with van der Waals surface area (Å²) >= 11 is 0. The standard InChI is InChI=1S/C15H14F2N2O/c1-19(9-10-5-3-2-4-6-10)15(20)11-7-12(16)14(18)13(17)8-11/h2-8H,9,18H2,1H3. The summed E-state index contributed by atoms with van der Waals surface area (Å²) in [6, 6.07) is 11.2. The Morgan fingerprint density at radius 2 is 1.70 bits per heavy atom. The van der Waals surface area contributed by atoms with Gasteiger partial charge in [-0.2, -0.15) is 0 Å². The predicted molar refractivity (Wildman–Crippen MR) is 73.0 cm³/mol. The van der Waals surface area contributed by atoms with Gasteiger partial charge in [0.15, 0.2) is 0 Å². The maximum atomic E-state index is 13.4. The van der Waals surface area contributed by atoms with Crippen molar-refractivity contribution in [2.75, 3.05) is 12.8 Å². The van der Waals surface area contributed by atoms with Gasteiger partial charge in [0.05, 0.1) is 0 Å². The summed E-state index contributed by atoms with van der Waals surface area (Å²) in [7, 11) is 1.57. The SMILES string of the molecule is CN(Cc1ccccc1)C(=O)c1cc(F)c(N)c(F)c1. The van der Waals surface area contributed by atoms with E-state index in [-0.39, 0.29) is 5.56 Å². The van der Waals surface area contributed by atoms with Crippen LogP contribution in [0.1, 0.15) is 15.9 Å². The highest BCUT2D eigenvalue weighted by molar-refractivity contribution is 5.94. The number of halogens is 2. The number of hydrogen-bond donors (Lipinski definition) is 1. The second-order valence-corrected chi connectivity index (χ2v) is 4.50. The fourth-order valence-corrected chi connectivity index (χ4v) is 1.86. The Kier molecular flexibility index (Phi) is 3.98. The van der Waals surface area contributed by atoms with Crippen molar-refractivity contribution in [1.82, 2.24) is 4.90 Å². The number of nitrogens with zero attached hydrogens (tertiary/aromatic N) is 1. The first-order valence-corrected chi connectivity index (χ1v) is 6.03. The van der Waals surface area contributed by atoms with E-state index in [2.05, 4.69) is 0 Å². The molecule has 0 aromatic heterocycles. The summed E-state index contributed by atoms with van der Waals surface area (Å²) in [5.41, 5.74) is 5.47. The van der Waals surface area contributed by atoms with Gasteiger partial charge < -0.3 is 10.6 Å². The number of benzene rings is 2. The molecule has 2 aromatic carbocycles. The van der Waals surface area contributed by atoms with Crippen LogP contribution < -0.4 is 5.73 Å². The molecule has 0 atom stereocenters. The van der Waals surface area contributed by atoms with E-state index in [0.29, 0.717) is 6.54 Å². The van der Waals surface area contributed by atoms with Crippen molar-refractivity contribution in [2.45, 2.75) is 6.54 Å². The Morgan fingerprint density at radius 3 is 2.25 bits per heavy atom. The fourth-order valence-electron chi connectivity index (χ4n) is 1.86. The first kappa shape index (κ1) is 14.0. The smallest absolute Gasteiger partial charge is 0.254 e. The highest BCUT2D eigenvalue weighted by Crippen LogP contribution is 2.18. The number of nitrogen functional groups attached to an aromatic ring is 1. The molecule has 0 saturated heterocycles. The maximum Gasteiger partial charge on any atom is 0.254 e. The minimum atomic E-state index is -0.929. The number of rotatable bonds is 3. The summed E-state index contributed by atoms with van der Waals surface area (Å²) < 4.78 is 26.7. The van der Waals surface area contributed by atoms with Crippen LogP contribution >= 0.6 is 0 Å². The second-order valence-electron chi connectivity index (χ2n) is 4.50. The summed E-state index contributed by atoms with van der Waals surface area (Å²) in [5, 5.41) is 0. The summed E-state index contributed by atoms with van der Waals surface area (Å²) in [4.78, 5) is 13.5. The third-order valence-corrected chi connectivity index (χ3v) is 2.94. The van der Waals surface area contributed by atoms with Gasteiger partial charge >= 0.3 is 0 Å². The molecule has 0 saturated carbocycles. The zero-order valence-electron chi connectivity index (χ0n) is 10.9. The highest BCUT2D eigenvalue weighted by atomic mass is 19.1. The maximum absolute atomic E-state index is 13.4. The van der Waals surface area contributed by atoms with Crippen LogP contribution in [0, 0.1) is 11.6 Å². The molecular formula is C15H14F2N2O. The summed E-state index contributed by atoms with van der Waals surface area (Å²) in [6.07, 6.45) is 0. The Morgan fingerprint density at radius 1 is 1.15 bits per heavy atom. The number of anilines is 1. The van der Waals surface area contributed by atoms with Gasteiger partial charge in [-0.1, -0.05) is 30.3 Å². The van der Waals surface area contributed by atoms with Gasteiger partial charge in [0.25, 0.3) is 5.91 Å². The second kappa shape index (κ2) is 5.69. The van der Waals surface area contributed by atoms with Crippen molar-refractivity contribution < 1.29 is 13.6 Å². The lowest BCUT2D eigenvalue weighted by atomic mass is 10.1. The van der Waals surface area contributed by atoms with Crippen LogP contribution in [-0.2, 0) is 6.54 Å². The first-order chi connectivity index (χ1) is 9.49. The average molecular weight is 276 g/mol.